The van der Waals surface area contributed by atoms with Crippen LogP contribution < -0.4 is 10.2 Å². The molecule has 4 aliphatic rings. The van der Waals surface area contributed by atoms with Crippen LogP contribution in [0.3, 0.4) is 0 Å². The molecule has 6 heterocycles. The number of carboxylic acids is 1. The van der Waals surface area contributed by atoms with Crippen molar-refractivity contribution in [2.24, 2.45) is 0 Å². The first kappa shape index (κ1) is 51.9. The van der Waals surface area contributed by atoms with Gasteiger partial charge in [0, 0.05) is 51.4 Å². The van der Waals surface area contributed by atoms with E-state index < -0.39 is 46.8 Å². The first-order chi connectivity index (χ1) is 32.2. The lowest BCUT2D eigenvalue weighted by molar-refractivity contribution is -0.155. The average Bonchev–Trinajstić information content (AvgIpc) is 3.96. The zero-order valence-corrected chi connectivity index (χ0v) is 40.4. The minimum atomic E-state index is -1.41. The number of rotatable bonds is 7. The molecule has 5 aromatic rings. The number of nitrogens with zero attached hydrogens (tertiary/aromatic N) is 7. The van der Waals surface area contributed by atoms with E-state index in [1.54, 1.807) is 69.3 Å². The van der Waals surface area contributed by atoms with Crippen molar-refractivity contribution in [1.82, 2.24) is 35.1 Å². The molecule has 15 nitrogen and oxygen atoms in total. The van der Waals surface area contributed by atoms with Gasteiger partial charge in [0.1, 0.15) is 22.8 Å². The van der Waals surface area contributed by atoms with Crippen LogP contribution in [0.15, 0.2) is 66.7 Å². The molecule has 0 aliphatic carbocycles. The lowest BCUT2D eigenvalue weighted by Crippen LogP contribution is -2.50. The van der Waals surface area contributed by atoms with E-state index in [-0.39, 0.29) is 29.2 Å². The molecule has 0 bridgehead atoms. The molecular weight excluding hydrogens is 898 g/mol. The Morgan fingerprint density at radius 3 is 1.82 bits per heavy atom. The second-order valence-electron chi connectivity index (χ2n) is 19.2. The van der Waals surface area contributed by atoms with Crippen LogP contribution in [-0.4, -0.2) is 134 Å². The molecule has 3 aromatic carbocycles. The van der Waals surface area contributed by atoms with Gasteiger partial charge in [0.25, 0.3) is 0 Å². The van der Waals surface area contributed by atoms with Crippen LogP contribution in [0.25, 0.3) is 21.8 Å². The number of piperazine rings is 2. The van der Waals surface area contributed by atoms with Gasteiger partial charge in [-0.1, -0.05) is 42.5 Å². The molecule has 0 unspecified atom stereocenters. The molecule has 4 aliphatic heterocycles. The molecule has 0 saturated carbocycles. The highest BCUT2D eigenvalue weighted by Crippen LogP contribution is 2.28. The van der Waals surface area contributed by atoms with E-state index in [4.69, 9.17) is 31.3 Å². The van der Waals surface area contributed by atoms with E-state index in [0.717, 1.165) is 32.2 Å². The normalized spacial score (nSPS) is 18.7. The van der Waals surface area contributed by atoms with E-state index in [1.165, 1.54) is 70.1 Å². The largest absolute Gasteiger partial charge is 0.479 e. The van der Waals surface area contributed by atoms with Crippen LogP contribution in [0.2, 0.25) is 5.28 Å². The Labute approximate surface area is 401 Å². The van der Waals surface area contributed by atoms with E-state index in [2.05, 4.69) is 40.0 Å². The fourth-order valence-electron chi connectivity index (χ4n) is 8.67. The number of aliphatic hydroxyl groups is 1. The third-order valence-electron chi connectivity index (χ3n) is 11.6. The summed E-state index contributed by atoms with van der Waals surface area (Å²) in [7, 11) is 0. The van der Waals surface area contributed by atoms with Crippen LogP contribution in [0.4, 0.5) is 14.7 Å². The molecule has 366 valence electrons. The zero-order valence-electron chi connectivity index (χ0n) is 39.7. The Balaban J connectivity index is 0.000000164. The van der Waals surface area contributed by atoms with Gasteiger partial charge in [-0.2, -0.15) is 0 Å². The predicted molar refractivity (Wildman–Crippen MR) is 256 cm³/mol. The second kappa shape index (κ2) is 23.2. The Bertz CT molecular complexity index is 2510. The van der Waals surface area contributed by atoms with Crippen molar-refractivity contribution in [2.45, 2.75) is 109 Å². The average molecular weight is 962 g/mol. The number of carbonyl (C=O) groups excluding carboxylic acids is 2. The zero-order chi connectivity index (χ0) is 49.2. The van der Waals surface area contributed by atoms with Crippen molar-refractivity contribution in [3.8, 4) is 0 Å². The maximum absolute atomic E-state index is 14.5. The quantitative estimate of drug-likeness (QED) is 0.111. The Morgan fingerprint density at radius 1 is 0.721 bits per heavy atom. The van der Waals surface area contributed by atoms with Crippen molar-refractivity contribution < 1.29 is 42.9 Å². The van der Waals surface area contributed by atoms with Crippen LogP contribution >= 0.6 is 11.6 Å². The SMILES string of the molecule is C1C[C@@H]2CNCCN2C1.CC(C)(C)OC(=O)Cc1nc(Cl)nc2cccc(F)c12.CC(C)(C)OC(=O)Cc1nc(N2CCN3CCC[C@@H]3C2)nc2cccc(F)c12.O=C(O)[C@H](O)c1ccccc1. The number of benzene rings is 3. The highest BCUT2D eigenvalue weighted by atomic mass is 35.5. The number of nitrogens with one attached hydrogen (secondary N) is 1. The fraction of sp³-hybridized carbons (Fsp3) is 0.500. The van der Waals surface area contributed by atoms with E-state index in [9.17, 15) is 23.2 Å². The summed E-state index contributed by atoms with van der Waals surface area (Å²) in [5.41, 5.74) is 0.706. The Morgan fingerprint density at radius 2 is 1.26 bits per heavy atom. The van der Waals surface area contributed by atoms with E-state index in [1.807, 2.05) is 20.8 Å². The lowest BCUT2D eigenvalue weighted by Gasteiger charge is -2.37. The van der Waals surface area contributed by atoms with Crippen molar-refractivity contribution in [3.63, 3.8) is 0 Å². The molecule has 3 N–H and O–H groups in total. The highest BCUT2D eigenvalue weighted by Gasteiger charge is 2.32. The topological polar surface area (TPSA) is 183 Å². The third-order valence-corrected chi connectivity index (χ3v) is 11.8. The van der Waals surface area contributed by atoms with Crippen molar-refractivity contribution in [3.05, 3.63) is 101 Å². The smallest absolute Gasteiger partial charge is 0.337 e. The Hall–Kier alpha value is -5.46. The summed E-state index contributed by atoms with van der Waals surface area (Å²) in [6, 6.07) is 18.9. The number of halogens is 3. The second-order valence-corrected chi connectivity index (χ2v) is 19.5. The van der Waals surface area contributed by atoms with Gasteiger partial charge in [0.15, 0.2) is 6.10 Å². The number of aromatic nitrogens is 4. The van der Waals surface area contributed by atoms with Crippen LogP contribution in [0.5, 0.6) is 0 Å². The van der Waals surface area contributed by atoms with Gasteiger partial charge in [-0.05, 0) is 122 Å². The van der Waals surface area contributed by atoms with Gasteiger partial charge in [-0.15, -0.1) is 0 Å². The van der Waals surface area contributed by atoms with Gasteiger partial charge >= 0.3 is 17.9 Å². The van der Waals surface area contributed by atoms with Crippen LogP contribution in [0.1, 0.15) is 90.3 Å². The first-order valence-corrected chi connectivity index (χ1v) is 23.5. The predicted octanol–water partition coefficient (Wildman–Crippen LogP) is 7.10. The maximum Gasteiger partial charge on any atom is 0.337 e. The number of aliphatic carboxylic acids is 1. The minimum Gasteiger partial charge on any atom is -0.479 e. The molecule has 9 rings (SSSR count). The summed E-state index contributed by atoms with van der Waals surface area (Å²) >= 11 is 5.80. The summed E-state index contributed by atoms with van der Waals surface area (Å²) in [4.78, 5) is 58.9. The number of aliphatic hydroxyl groups excluding tert-OH is 1. The minimum absolute atomic E-state index is 0.0262. The fourth-order valence-corrected chi connectivity index (χ4v) is 8.87. The molecule has 0 amide bonds. The summed E-state index contributed by atoms with van der Waals surface area (Å²) in [5, 5.41) is 21.3. The summed E-state index contributed by atoms with van der Waals surface area (Å²) in [5.74, 6) is -2.46. The van der Waals surface area contributed by atoms with Gasteiger partial charge in [0.2, 0.25) is 11.2 Å². The number of carboxylic acid groups (broad SMARTS) is 1. The number of hydrogen-bond donors (Lipinski definition) is 3. The van der Waals surface area contributed by atoms with Gasteiger partial charge in [0.05, 0.1) is 46.0 Å². The maximum atomic E-state index is 14.5. The molecule has 68 heavy (non-hydrogen) atoms. The molecular formula is C50H63ClF2N8O7. The number of fused-ring (bicyclic) bond motifs is 4. The summed E-state index contributed by atoms with van der Waals surface area (Å²) < 4.78 is 39.1. The molecule has 4 saturated heterocycles. The van der Waals surface area contributed by atoms with Crippen LogP contribution in [0, 0.1) is 11.6 Å². The molecule has 2 aromatic heterocycles. The summed E-state index contributed by atoms with van der Waals surface area (Å²) in [6.07, 6.45) is 3.62. The molecule has 18 heteroatoms. The lowest BCUT2D eigenvalue weighted by atomic mass is 10.1. The highest BCUT2D eigenvalue weighted by molar-refractivity contribution is 6.28. The van der Waals surface area contributed by atoms with Crippen molar-refractivity contribution >= 4 is 57.3 Å². The first-order valence-electron chi connectivity index (χ1n) is 23.1. The van der Waals surface area contributed by atoms with Gasteiger partial charge in [-0.25, -0.2) is 33.5 Å². The monoisotopic (exact) mass is 960 g/mol. The van der Waals surface area contributed by atoms with E-state index in [0.29, 0.717) is 39.7 Å². The number of carbonyl (C=O) groups is 3. The third kappa shape index (κ3) is 14.8. The van der Waals surface area contributed by atoms with Gasteiger partial charge < -0.3 is 29.9 Å². The number of hydrogen-bond acceptors (Lipinski definition) is 14. The van der Waals surface area contributed by atoms with Crippen LogP contribution in [-0.2, 0) is 36.7 Å². The summed E-state index contributed by atoms with van der Waals surface area (Å²) in [6.45, 7) is 19.7. The number of esters is 2. The molecule has 4 fully saturated rings. The number of anilines is 1. The van der Waals surface area contributed by atoms with Crippen molar-refractivity contribution in [1.29, 1.82) is 0 Å². The van der Waals surface area contributed by atoms with Gasteiger partial charge in [-0.3, -0.25) is 19.4 Å². The Kier molecular flexibility index (Phi) is 17.7. The van der Waals surface area contributed by atoms with E-state index >= 15 is 0 Å². The molecule has 0 radical (unpaired) electrons. The molecule has 3 atom stereocenters. The van der Waals surface area contributed by atoms with Crippen molar-refractivity contribution in [2.75, 3.05) is 57.3 Å². The number of ether oxygens (including phenoxy) is 2. The standard InChI is InChI=1S/C21H27FN4O2.C14H14ClFN2O2.C8H8O3.C7H14N2/c1-21(2,3)28-18(27)12-17-19-15(22)7-4-8-16(19)23-20(24-17)26-11-10-25-9-5-6-14(25)13-26;1-14(2,3)20-11(19)7-10-12-8(16)5-4-6-9(12)17-13(15)18-10;9-7(8(10)11)6-4-2-1-3-5-6;1-2-7-6-8-3-5-9(7)4-1/h4,7-8,14H,5-6,9-13H2,1-3H3;4-6H,7H2,1-3H3;1-5,7,9H,(H,10,11);7-8H,1-6H2/t14-;;2*7-/m1.11/s1. The molecule has 0 spiro atoms.